The van der Waals surface area contributed by atoms with E-state index in [-0.39, 0.29) is 6.04 Å². The van der Waals surface area contributed by atoms with Gasteiger partial charge in [0.2, 0.25) is 0 Å². The number of aliphatic carboxylic acids is 1. The lowest BCUT2D eigenvalue weighted by atomic mass is 10.2. The summed E-state index contributed by atoms with van der Waals surface area (Å²) in [6, 6.07) is -0.269. The van der Waals surface area contributed by atoms with Crippen molar-refractivity contribution in [3.63, 3.8) is 0 Å². The normalized spacial score (nSPS) is 20.6. The molecule has 0 radical (unpaired) electrons. The number of carbonyl (C=O) groups is 1. The van der Waals surface area contributed by atoms with E-state index in [1.54, 1.807) is 0 Å². The lowest BCUT2D eigenvalue weighted by Gasteiger charge is -1.99. The van der Waals surface area contributed by atoms with Gasteiger partial charge in [-0.2, -0.15) is 0 Å². The van der Waals surface area contributed by atoms with Crippen molar-refractivity contribution >= 4 is 5.97 Å². The molecule has 1 saturated heterocycles. The fourth-order valence-electron chi connectivity index (χ4n) is 1.05. The summed E-state index contributed by atoms with van der Waals surface area (Å²) in [5, 5.41) is 19.3. The summed E-state index contributed by atoms with van der Waals surface area (Å²) in [6.07, 6.45) is 3.82. The number of carboxylic acids is 1. The van der Waals surface area contributed by atoms with Gasteiger partial charge in [-0.1, -0.05) is 13.3 Å². The first kappa shape index (κ1) is 12.4. The van der Waals surface area contributed by atoms with E-state index in [1.807, 2.05) is 0 Å². The van der Waals surface area contributed by atoms with Gasteiger partial charge in [0.05, 0.1) is 0 Å². The van der Waals surface area contributed by atoms with Gasteiger partial charge in [0.15, 0.2) is 0 Å². The fraction of sp³-hybridized carbons (Fsp3) is 0.889. The van der Waals surface area contributed by atoms with Crippen LogP contribution < -0.4 is 5.32 Å². The average Bonchev–Trinajstić information content (AvgIpc) is 2.58. The zero-order valence-corrected chi connectivity index (χ0v) is 8.12. The smallest absolute Gasteiger partial charge is 0.320 e. The van der Waals surface area contributed by atoms with E-state index in [4.69, 9.17) is 10.2 Å². The molecule has 78 valence electrons. The minimum absolute atomic E-state index is 0.269. The predicted molar refractivity (Wildman–Crippen MR) is 50.7 cm³/mol. The van der Waals surface area contributed by atoms with Crippen molar-refractivity contribution in [1.82, 2.24) is 5.32 Å². The Labute approximate surface area is 79.0 Å². The van der Waals surface area contributed by atoms with Crippen molar-refractivity contribution < 1.29 is 15.0 Å². The second-order valence-electron chi connectivity index (χ2n) is 3.06. The number of nitrogens with one attached hydrogen (secondary N) is 1. The van der Waals surface area contributed by atoms with Crippen LogP contribution in [0.15, 0.2) is 0 Å². The lowest BCUT2D eigenvalue weighted by Crippen LogP contribution is -2.29. The van der Waals surface area contributed by atoms with Gasteiger partial charge >= 0.3 is 5.97 Å². The van der Waals surface area contributed by atoms with E-state index in [0.717, 1.165) is 32.2 Å². The highest BCUT2D eigenvalue weighted by Crippen LogP contribution is 2.03. The Bertz CT molecular complexity index is 131. The standard InChI is InChI=1S/C5H9NO2.C4H10O/c7-5(8)4-2-1-3-6-4;1-2-3-4-5/h4,6H,1-3H2,(H,7,8);5H,2-4H2,1H3/t4-;/m0./s1. The maximum atomic E-state index is 10.1. The van der Waals surface area contributed by atoms with Crippen LogP contribution >= 0.6 is 0 Å². The molecule has 4 nitrogen and oxygen atoms in total. The highest BCUT2D eigenvalue weighted by atomic mass is 16.4. The summed E-state index contributed by atoms with van der Waals surface area (Å²) >= 11 is 0. The predicted octanol–water partition coefficient (Wildman–Crippen LogP) is 0.602. The van der Waals surface area contributed by atoms with Crippen molar-refractivity contribution in [3.8, 4) is 0 Å². The summed E-state index contributed by atoms with van der Waals surface area (Å²) in [5.41, 5.74) is 0. The van der Waals surface area contributed by atoms with Crippen LogP contribution in [0.3, 0.4) is 0 Å². The van der Waals surface area contributed by atoms with Gasteiger partial charge in [0.25, 0.3) is 0 Å². The second kappa shape index (κ2) is 8.01. The Hall–Kier alpha value is -0.610. The number of rotatable bonds is 3. The van der Waals surface area contributed by atoms with Gasteiger partial charge in [-0.15, -0.1) is 0 Å². The summed E-state index contributed by atoms with van der Waals surface area (Å²) in [4.78, 5) is 10.1. The number of unbranched alkanes of at least 4 members (excludes halogenated alkanes) is 1. The molecular formula is C9H19NO3. The Morgan fingerprint density at radius 3 is 2.46 bits per heavy atom. The molecule has 0 saturated carbocycles. The molecule has 1 aliphatic heterocycles. The Balaban J connectivity index is 0.000000252. The average molecular weight is 189 g/mol. The van der Waals surface area contributed by atoms with Crippen LogP contribution in [-0.2, 0) is 4.79 Å². The Morgan fingerprint density at radius 2 is 2.31 bits per heavy atom. The highest BCUT2D eigenvalue weighted by molar-refractivity contribution is 5.73. The maximum Gasteiger partial charge on any atom is 0.320 e. The van der Waals surface area contributed by atoms with Crippen LogP contribution in [0.2, 0.25) is 0 Å². The van der Waals surface area contributed by atoms with Crippen molar-refractivity contribution in [2.24, 2.45) is 0 Å². The number of hydrogen-bond acceptors (Lipinski definition) is 3. The maximum absolute atomic E-state index is 10.1. The van der Waals surface area contributed by atoms with Gasteiger partial charge in [-0.25, -0.2) is 0 Å². The molecule has 3 N–H and O–H groups in total. The minimum Gasteiger partial charge on any atom is -0.480 e. The van der Waals surface area contributed by atoms with Gasteiger partial charge in [0.1, 0.15) is 6.04 Å². The topological polar surface area (TPSA) is 69.6 Å². The summed E-state index contributed by atoms with van der Waals surface area (Å²) in [5.74, 6) is -0.720. The van der Waals surface area contributed by atoms with Gasteiger partial charge in [0, 0.05) is 6.61 Å². The fourth-order valence-corrected chi connectivity index (χ4v) is 1.05. The molecule has 13 heavy (non-hydrogen) atoms. The number of aliphatic hydroxyl groups is 1. The third kappa shape index (κ3) is 6.54. The molecule has 0 aromatic rings. The number of hydrogen-bond donors (Lipinski definition) is 3. The Kier molecular flexibility index (Phi) is 7.63. The molecule has 4 heteroatoms. The van der Waals surface area contributed by atoms with Gasteiger partial charge in [-0.05, 0) is 25.8 Å². The molecule has 0 bridgehead atoms. The summed E-state index contributed by atoms with van der Waals surface area (Å²) < 4.78 is 0. The molecule has 1 fully saturated rings. The van der Waals surface area contributed by atoms with Crippen molar-refractivity contribution in [2.75, 3.05) is 13.2 Å². The van der Waals surface area contributed by atoms with Crippen LogP contribution in [0.1, 0.15) is 32.6 Å². The molecule has 1 aliphatic rings. The molecule has 1 atom stereocenters. The van der Waals surface area contributed by atoms with Crippen LogP contribution in [0.4, 0.5) is 0 Å². The van der Waals surface area contributed by atoms with Crippen molar-refractivity contribution in [3.05, 3.63) is 0 Å². The third-order valence-electron chi connectivity index (χ3n) is 1.87. The first-order valence-electron chi connectivity index (χ1n) is 4.79. The van der Waals surface area contributed by atoms with Crippen LogP contribution in [0, 0.1) is 0 Å². The molecule has 1 rings (SSSR count). The van der Waals surface area contributed by atoms with Crippen LogP contribution in [-0.4, -0.2) is 35.4 Å². The molecular weight excluding hydrogens is 170 g/mol. The largest absolute Gasteiger partial charge is 0.480 e. The molecule has 1 heterocycles. The van der Waals surface area contributed by atoms with E-state index in [1.165, 1.54) is 0 Å². The van der Waals surface area contributed by atoms with Crippen molar-refractivity contribution in [2.45, 2.75) is 38.6 Å². The van der Waals surface area contributed by atoms with Gasteiger partial charge < -0.3 is 15.5 Å². The molecule has 0 aromatic carbocycles. The number of carboxylic acid groups (broad SMARTS) is 1. The third-order valence-corrected chi connectivity index (χ3v) is 1.87. The Morgan fingerprint density at radius 1 is 1.62 bits per heavy atom. The zero-order valence-electron chi connectivity index (χ0n) is 8.12. The lowest BCUT2D eigenvalue weighted by molar-refractivity contribution is -0.139. The van der Waals surface area contributed by atoms with E-state index >= 15 is 0 Å². The molecule has 0 aliphatic carbocycles. The van der Waals surface area contributed by atoms with Crippen LogP contribution in [0.25, 0.3) is 0 Å². The minimum atomic E-state index is -0.720. The summed E-state index contributed by atoms with van der Waals surface area (Å²) in [6.45, 7) is 3.25. The molecule has 0 amide bonds. The SMILES string of the molecule is CCCCO.O=C(O)[C@@H]1CCCN1. The molecule has 0 aromatic heterocycles. The highest BCUT2D eigenvalue weighted by Gasteiger charge is 2.20. The second-order valence-corrected chi connectivity index (χ2v) is 3.06. The first-order valence-corrected chi connectivity index (χ1v) is 4.79. The van der Waals surface area contributed by atoms with E-state index in [0.29, 0.717) is 6.61 Å². The van der Waals surface area contributed by atoms with E-state index in [2.05, 4.69) is 12.2 Å². The first-order chi connectivity index (χ1) is 6.22. The number of aliphatic hydroxyl groups excluding tert-OH is 1. The van der Waals surface area contributed by atoms with Gasteiger partial charge in [-0.3, -0.25) is 4.79 Å². The van der Waals surface area contributed by atoms with Crippen LogP contribution in [0.5, 0.6) is 0 Å². The monoisotopic (exact) mass is 189 g/mol. The van der Waals surface area contributed by atoms with E-state index in [9.17, 15) is 4.79 Å². The molecule has 0 spiro atoms. The quantitative estimate of drug-likeness (QED) is 0.608. The van der Waals surface area contributed by atoms with Crippen molar-refractivity contribution in [1.29, 1.82) is 0 Å². The van der Waals surface area contributed by atoms with E-state index < -0.39 is 5.97 Å². The molecule has 0 unspecified atom stereocenters. The summed E-state index contributed by atoms with van der Waals surface area (Å²) in [7, 11) is 0. The zero-order chi connectivity index (χ0) is 10.1.